The monoisotopic (exact) mass is 381 g/mol. The van der Waals surface area contributed by atoms with Crippen LogP contribution in [0.25, 0.3) is 10.9 Å². The third kappa shape index (κ3) is 4.50. The van der Waals surface area contributed by atoms with E-state index in [1.807, 2.05) is 30.5 Å². The molecule has 146 valence electrons. The summed E-state index contributed by atoms with van der Waals surface area (Å²) < 4.78 is 12.9. The number of nitrogens with zero attached hydrogens (tertiary/aromatic N) is 1. The Bertz CT molecular complexity index is 963. The molecule has 0 unspecified atom stereocenters. The van der Waals surface area contributed by atoms with Crippen molar-refractivity contribution < 1.29 is 19.1 Å². The standard InChI is InChI=1S/C21H23N3O4/c1-22-21(26)15-6-8-16(9-7-15)23-20(25)14-28-19-5-3-4-18-17(19)10-11-24(18)12-13-27-2/h3-11H,12-14H2,1-2H3,(H,22,26)(H,23,25). The molecule has 1 heterocycles. The number of anilines is 1. The summed E-state index contributed by atoms with van der Waals surface area (Å²) in [7, 11) is 3.24. The van der Waals surface area contributed by atoms with Gasteiger partial charge in [0.15, 0.2) is 6.61 Å². The molecule has 2 amide bonds. The number of benzene rings is 2. The average molecular weight is 381 g/mol. The Balaban J connectivity index is 1.61. The van der Waals surface area contributed by atoms with Crippen LogP contribution in [0, 0.1) is 0 Å². The fraction of sp³-hybridized carbons (Fsp3) is 0.238. The van der Waals surface area contributed by atoms with Crippen LogP contribution in [0.3, 0.4) is 0 Å². The molecule has 0 spiro atoms. The molecule has 0 saturated carbocycles. The maximum atomic E-state index is 12.2. The van der Waals surface area contributed by atoms with Gasteiger partial charge in [-0.3, -0.25) is 9.59 Å². The molecule has 0 atom stereocenters. The zero-order valence-corrected chi connectivity index (χ0v) is 15.9. The second-order valence-electron chi connectivity index (χ2n) is 6.18. The number of carbonyl (C=O) groups excluding carboxylic acids is 2. The van der Waals surface area contributed by atoms with Crippen LogP contribution in [-0.4, -0.2) is 43.8 Å². The summed E-state index contributed by atoms with van der Waals surface area (Å²) in [4.78, 5) is 23.8. The lowest BCUT2D eigenvalue weighted by Gasteiger charge is -2.10. The van der Waals surface area contributed by atoms with Crippen LogP contribution in [0.1, 0.15) is 10.4 Å². The predicted octanol–water partition coefficient (Wildman–Crippen LogP) is 2.66. The lowest BCUT2D eigenvalue weighted by molar-refractivity contribution is -0.118. The highest BCUT2D eigenvalue weighted by molar-refractivity contribution is 5.96. The second-order valence-corrected chi connectivity index (χ2v) is 6.18. The fourth-order valence-electron chi connectivity index (χ4n) is 2.90. The largest absolute Gasteiger partial charge is 0.483 e. The molecule has 0 aliphatic heterocycles. The minimum atomic E-state index is -0.275. The Morgan fingerprint density at radius 2 is 1.86 bits per heavy atom. The predicted molar refractivity (Wildman–Crippen MR) is 108 cm³/mol. The van der Waals surface area contributed by atoms with Crippen molar-refractivity contribution >= 4 is 28.4 Å². The van der Waals surface area contributed by atoms with E-state index in [0.29, 0.717) is 23.6 Å². The van der Waals surface area contributed by atoms with E-state index in [9.17, 15) is 9.59 Å². The molecule has 3 aromatic rings. The Morgan fingerprint density at radius 1 is 1.07 bits per heavy atom. The molecular weight excluding hydrogens is 358 g/mol. The van der Waals surface area contributed by atoms with Crippen molar-refractivity contribution in [3.8, 4) is 5.75 Å². The first-order valence-electron chi connectivity index (χ1n) is 8.94. The Hall–Kier alpha value is -3.32. The Kier molecular flexibility index (Phi) is 6.29. The normalized spacial score (nSPS) is 10.6. The number of rotatable bonds is 8. The lowest BCUT2D eigenvalue weighted by atomic mass is 10.2. The summed E-state index contributed by atoms with van der Waals surface area (Å²) >= 11 is 0. The highest BCUT2D eigenvalue weighted by Gasteiger charge is 2.10. The van der Waals surface area contributed by atoms with Crippen molar-refractivity contribution in [3.05, 3.63) is 60.3 Å². The average Bonchev–Trinajstić information content (AvgIpc) is 3.14. The van der Waals surface area contributed by atoms with Crippen molar-refractivity contribution in [2.45, 2.75) is 6.54 Å². The van der Waals surface area contributed by atoms with Gasteiger partial charge in [-0.1, -0.05) is 6.07 Å². The third-order valence-corrected chi connectivity index (χ3v) is 4.33. The third-order valence-electron chi connectivity index (χ3n) is 4.33. The molecule has 0 saturated heterocycles. The molecule has 1 aromatic heterocycles. The Labute approximate surface area is 163 Å². The molecular formula is C21H23N3O4. The van der Waals surface area contributed by atoms with E-state index in [2.05, 4.69) is 15.2 Å². The van der Waals surface area contributed by atoms with Gasteiger partial charge < -0.3 is 24.7 Å². The molecule has 0 aliphatic rings. The molecule has 2 N–H and O–H groups in total. The van der Waals surface area contributed by atoms with Crippen molar-refractivity contribution in [1.29, 1.82) is 0 Å². The van der Waals surface area contributed by atoms with Gasteiger partial charge in [0.2, 0.25) is 0 Å². The number of ether oxygens (including phenoxy) is 2. The van der Waals surface area contributed by atoms with Gasteiger partial charge in [-0.05, 0) is 42.5 Å². The highest BCUT2D eigenvalue weighted by Crippen LogP contribution is 2.26. The number of amides is 2. The molecule has 0 fully saturated rings. The minimum absolute atomic E-state index is 0.112. The number of carbonyl (C=O) groups is 2. The molecule has 0 radical (unpaired) electrons. The van der Waals surface area contributed by atoms with E-state index in [1.54, 1.807) is 38.4 Å². The summed E-state index contributed by atoms with van der Waals surface area (Å²) in [5.74, 6) is 0.203. The number of aromatic nitrogens is 1. The van der Waals surface area contributed by atoms with Crippen LogP contribution in [0.4, 0.5) is 5.69 Å². The van der Waals surface area contributed by atoms with Gasteiger partial charge in [0.05, 0.1) is 12.1 Å². The topological polar surface area (TPSA) is 81.6 Å². The van der Waals surface area contributed by atoms with E-state index >= 15 is 0 Å². The molecule has 7 heteroatoms. The number of methoxy groups -OCH3 is 1. The first-order chi connectivity index (χ1) is 13.6. The molecule has 28 heavy (non-hydrogen) atoms. The zero-order chi connectivity index (χ0) is 19.9. The van der Waals surface area contributed by atoms with E-state index in [0.717, 1.165) is 17.4 Å². The fourth-order valence-corrected chi connectivity index (χ4v) is 2.90. The van der Waals surface area contributed by atoms with E-state index in [1.165, 1.54) is 0 Å². The summed E-state index contributed by atoms with van der Waals surface area (Å²) in [5.41, 5.74) is 2.16. The SMILES string of the molecule is CNC(=O)c1ccc(NC(=O)COc2cccc3c2ccn3CCOC)cc1. The smallest absolute Gasteiger partial charge is 0.262 e. The molecule has 2 aromatic carbocycles. The molecule has 7 nitrogen and oxygen atoms in total. The van der Waals surface area contributed by atoms with Crippen molar-refractivity contribution in [2.24, 2.45) is 0 Å². The van der Waals surface area contributed by atoms with Crippen LogP contribution < -0.4 is 15.4 Å². The summed E-state index contributed by atoms with van der Waals surface area (Å²) in [6.07, 6.45) is 1.98. The summed E-state index contributed by atoms with van der Waals surface area (Å²) in [6.45, 7) is 1.26. The summed E-state index contributed by atoms with van der Waals surface area (Å²) in [5, 5.41) is 6.26. The first kappa shape index (κ1) is 19.4. The van der Waals surface area contributed by atoms with Crippen molar-refractivity contribution in [1.82, 2.24) is 9.88 Å². The quantitative estimate of drug-likeness (QED) is 0.629. The molecule has 0 aliphatic carbocycles. The van der Waals surface area contributed by atoms with Crippen LogP contribution in [0.5, 0.6) is 5.75 Å². The van der Waals surface area contributed by atoms with Crippen LogP contribution in [-0.2, 0) is 16.1 Å². The molecule has 3 rings (SSSR count). The van der Waals surface area contributed by atoms with Crippen LogP contribution >= 0.6 is 0 Å². The summed E-state index contributed by atoms with van der Waals surface area (Å²) in [6, 6.07) is 14.4. The van der Waals surface area contributed by atoms with Crippen molar-refractivity contribution in [2.75, 3.05) is 32.7 Å². The van der Waals surface area contributed by atoms with Gasteiger partial charge in [-0.25, -0.2) is 0 Å². The van der Waals surface area contributed by atoms with E-state index in [4.69, 9.17) is 9.47 Å². The van der Waals surface area contributed by atoms with Gasteiger partial charge in [-0.15, -0.1) is 0 Å². The van der Waals surface area contributed by atoms with Gasteiger partial charge in [0.25, 0.3) is 11.8 Å². The lowest BCUT2D eigenvalue weighted by Crippen LogP contribution is -2.20. The van der Waals surface area contributed by atoms with E-state index in [-0.39, 0.29) is 18.4 Å². The maximum absolute atomic E-state index is 12.2. The second kappa shape index (κ2) is 9.05. The van der Waals surface area contributed by atoms with E-state index < -0.39 is 0 Å². The van der Waals surface area contributed by atoms with Crippen LogP contribution in [0.15, 0.2) is 54.7 Å². The van der Waals surface area contributed by atoms with Gasteiger partial charge in [0, 0.05) is 43.5 Å². The van der Waals surface area contributed by atoms with Gasteiger partial charge in [-0.2, -0.15) is 0 Å². The number of hydrogen-bond donors (Lipinski definition) is 2. The van der Waals surface area contributed by atoms with Crippen LogP contribution in [0.2, 0.25) is 0 Å². The highest BCUT2D eigenvalue weighted by atomic mass is 16.5. The number of fused-ring (bicyclic) bond motifs is 1. The van der Waals surface area contributed by atoms with Gasteiger partial charge in [0.1, 0.15) is 5.75 Å². The molecule has 0 bridgehead atoms. The van der Waals surface area contributed by atoms with Crippen molar-refractivity contribution in [3.63, 3.8) is 0 Å². The number of nitrogens with one attached hydrogen (secondary N) is 2. The first-order valence-corrected chi connectivity index (χ1v) is 8.94. The minimum Gasteiger partial charge on any atom is -0.483 e. The number of hydrogen-bond acceptors (Lipinski definition) is 4. The van der Waals surface area contributed by atoms with Gasteiger partial charge >= 0.3 is 0 Å². The Morgan fingerprint density at radius 3 is 2.57 bits per heavy atom. The maximum Gasteiger partial charge on any atom is 0.262 e. The zero-order valence-electron chi connectivity index (χ0n) is 15.9.